The molecule has 0 saturated heterocycles. The lowest BCUT2D eigenvalue weighted by Gasteiger charge is -2.05. The number of rotatable bonds is 5. The number of nitrogens with two attached hydrogens (primary N) is 1. The van der Waals surface area contributed by atoms with E-state index in [1.807, 2.05) is 6.26 Å². The summed E-state index contributed by atoms with van der Waals surface area (Å²) in [6.45, 7) is 3.04. The van der Waals surface area contributed by atoms with E-state index in [9.17, 15) is 0 Å². The van der Waals surface area contributed by atoms with E-state index >= 15 is 0 Å². The second kappa shape index (κ2) is 5.75. The van der Waals surface area contributed by atoms with Crippen LogP contribution in [0.5, 0.6) is 0 Å². The summed E-state index contributed by atoms with van der Waals surface area (Å²) >= 11 is 4.87. The van der Waals surface area contributed by atoms with Crippen molar-refractivity contribution in [1.29, 1.82) is 0 Å². The molecular formula is C11H15N3S3. The van der Waals surface area contributed by atoms with Gasteiger partial charge in [-0.15, -0.1) is 23.1 Å². The Balaban J connectivity index is 2.07. The van der Waals surface area contributed by atoms with Gasteiger partial charge in [-0.1, -0.05) is 6.92 Å². The number of hydrogen-bond donors (Lipinski definition) is 2. The molecular weight excluding hydrogens is 270 g/mol. The predicted molar refractivity (Wildman–Crippen MR) is 79.3 cm³/mol. The Morgan fingerprint density at radius 2 is 2.35 bits per heavy atom. The number of nitrogens with zero attached hydrogens (tertiary/aromatic N) is 1. The molecule has 0 radical (unpaired) electrons. The third-order valence-electron chi connectivity index (χ3n) is 2.51. The van der Waals surface area contributed by atoms with Gasteiger partial charge in [0.25, 0.3) is 0 Å². The van der Waals surface area contributed by atoms with Crippen LogP contribution in [0.3, 0.4) is 0 Å². The summed E-state index contributed by atoms with van der Waals surface area (Å²) in [6, 6.07) is 2.19. The molecule has 0 aliphatic rings. The van der Waals surface area contributed by atoms with Gasteiger partial charge in [-0.25, -0.2) is 0 Å². The topological polar surface area (TPSA) is 50.9 Å². The van der Waals surface area contributed by atoms with Crippen molar-refractivity contribution in [2.24, 2.45) is 0 Å². The largest absolute Gasteiger partial charge is 0.382 e. The van der Waals surface area contributed by atoms with Crippen LogP contribution < -0.4 is 11.1 Å². The van der Waals surface area contributed by atoms with Crippen LogP contribution >= 0.6 is 34.6 Å². The Hall–Kier alpha value is -0.720. The number of nitrogen functional groups attached to an aromatic ring is 1. The maximum Gasteiger partial charge on any atom is 0.153 e. The van der Waals surface area contributed by atoms with Gasteiger partial charge in [0, 0.05) is 4.88 Å². The van der Waals surface area contributed by atoms with Crippen molar-refractivity contribution >= 4 is 45.5 Å². The third kappa shape index (κ3) is 2.75. The van der Waals surface area contributed by atoms with E-state index in [4.69, 9.17) is 5.73 Å². The van der Waals surface area contributed by atoms with Crippen LogP contribution in [0.25, 0.3) is 0 Å². The zero-order chi connectivity index (χ0) is 12.3. The van der Waals surface area contributed by atoms with Crippen molar-refractivity contribution < 1.29 is 0 Å². The number of thioether (sulfide) groups is 1. The normalized spacial score (nSPS) is 10.7. The molecule has 0 amide bonds. The van der Waals surface area contributed by atoms with E-state index in [-0.39, 0.29) is 0 Å². The molecule has 0 saturated carbocycles. The number of anilines is 2. The zero-order valence-corrected chi connectivity index (χ0v) is 12.3. The van der Waals surface area contributed by atoms with E-state index in [0.29, 0.717) is 5.82 Å². The molecule has 2 aromatic rings. The fraction of sp³-hybridized carbons (Fsp3) is 0.364. The fourth-order valence-electron chi connectivity index (χ4n) is 1.60. The first-order valence-electron chi connectivity index (χ1n) is 5.34. The summed E-state index contributed by atoms with van der Waals surface area (Å²) in [6.07, 6.45) is 3.11. The first-order chi connectivity index (χ1) is 8.26. The van der Waals surface area contributed by atoms with E-state index in [2.05, 4.69) is 28.1 Å². The average Bonchev–Trinajstić information content (AvgIpc) is 2.92. The zero-order valence-electron chi connectivity index (χ0n) is 9.82. The summed E-state index contributed by atoms with van der Waals surface area (Å²) in [5, 5.41) is 6.65. The van der Waals surface area contributed by atoms with Gasteiger partial charge < -0.3 is 11.1 Å². The van der Waals surface area contributed by atoms with Crippen LogP contribution in [-0.2, 0) is 13.0 Å². The number of aromatic nitrogens is 1. The molecule has 0 unspecified atom stereocenters. The summed E-state index contributed by atoms with van der Waals surface area (Å²) in [5.74, 6) is 0.631. The molecule has 0 bridgehead atoms. The Bertz CT molecular complexity index is 490. The molecule has 17 heavy (non-hydrogen) atoms. The van der Waals surface area contributed by atoms with Crippen molar-refractivity contribution in [2.75, 3.05) is 17.3 Å². The average molecular weight is 285 g/mol. The van der Waals surface area contributed by atoms with Crippen LogP contribution in [0.1, 0.15) is 17.4 Å². The van der Waals surface area contributed by atoms with Crippen molar-refractivity contribution in [3.8, 4) is 0 Å². The Morgan fingerprint density at radius 3 is 3.06 bits per heavy atom. The molecule has 0 aromatic carbocycles. The second-order valence-corrected chi connectivity index (χ2v) is 6.10. The fourth-order valence-corrected chi connectivity index (χ4v) is 4.05. The molecule has 6 heteroatoms. The van der Waals surface area contributed by atoms with Crippen LogP contribution in [0.4, 0.5) is 10.8 Å². The molecule has 0 atom stereocenters. The standard InChI is InChI=1S/C11H15N3S3/c1-3-7-4-5-16-8(7)6-13-11-9(15-2)10(12)14-17-11/h4-5,13H,3,6H2,1-2H3,(H2,12,14). The minimum atomic E-state index is 0.631. The molecule has 0 fully saturated rings. The summed E-state index contributed by atoms with van der Waals surface area (Å²) in [4.78, 5) is 2.45. The number of hydrogen-bond acceptors (Lipinski definition) is 6. The summed E-state index contributed by atoms with van der Waals surface area (Å²) < 4.78 is 4.17. The lowest BCUT2D eigenvalue weighted by atomic mass is 10.2. The predicted octanol–water partition coefficient (Wildman–Crippen LogP) is 3.68. The highest BCUT2D eigenvalue weighted by Crippen LogP contribution is 2.35. The highest BCUT2D eigenvalue weighted by molar-refractivity contribution is 7.99. The highest BCUT2D eigenvalue weighted by atomic mass is 32.2. The third-order valence-corrected chi connectivity index (χ3v) is 5.24. The lowest BCUT2D eigenvalue weighted by Crippen LogP contribution is -1.99. The Labute approximate surface area is 114 Å². The van der Waals surface area contributed by atoms with Gasteiger partial charge in [-0.2, -0.15) is 4.37 Å². The quantitative estimate of drug-likeness (QED) is 0.823. The number of aryl methyl sites for hydroxylation is 1. The maximum atomic E-state index is 5.80. The highest BCUT2D eigenvalue weighted by Gasteiger charge is 2.10. The maximum absolute atomic E-state index is 5.80. The molecule has 0 aliphatic heterocycles. The lowest BCUT2D eigenvalue weighted by molar-refractivity contribution is 1.08. The van der Waals surface area contributed by atoms with E-state index in [1.165, 1.54) is 22.0 Å². The van der Waals surface area contributed by atoms with Crippen molar-refractivity contribution in [3.63, 3.8) is 0 Å². The van der Waals surface area contributed by atoms with E-state index in [0.717, 1.165) is 22.9 Å². The minimum Gasteiger partial charge on any atom is -0.382 e. The SMILES string of the molecule is CCc1ccsc1CNc1snc(N)c1SC. The summed E-state index contributed by atoms with van der Waals surface area (Å²) in [7, 11) is 0. The Kier molecular flexibility index (Phi) is 4.31. The van der Waals surface area contributed by atoms with E-state index in [1.54, 1.807) is 23.1 Å². The minimum absolute atomic E-state index is 0.631. The first kappa shape index (κ1) is 12.7. The van der Waals surface area contributed by atoms with Gasteiger partial charge >= 0.3 is 0 Å². The van der Waals surface area contributed by atoms with Crippen LogP contribution in [0.15, 0.2) is 16.3 Å². The molecule has 2 aromatic heterocycles. The van der Waals surface area contributed by atoms with Crippen LogP contribution in [-0.4, -0.2) is 10.6 Å². The molecule has 0 spiro atoms. The van der Waals surface area contributed by atoms with Gasteiger partial charge in [0.1, 0.15) is 5.00 Å². The van der Waals surface area contributed by atoms with Gasteiger partial charge in [0.05, 0.1) is 11.4 Å². The van der Waals surface area contributed by atoms with Gasteiger partial charge in [-0.05, 0) is 41.2 Å². The van der Waals surface area contributed by atoms with Crippen LogP contribution in [0, 0.1) is 0 Å². The van der Waals surface area contributed by atoms with Crippen LogP contribution in [0.2, 0.25) is 0 Å². The van der Waals surface area contributed by atoms with Gasteiger partial charge in [0.15, 0.2) is 5.82 Å². The molecule has 0 aliphatic carbocycles. The number of nitrogens with one attached hydrogen (secondary N) is 1. The molecule has 2 rings (SSSR count). The molecule has 2 heterocycles. The second-order valence-electron chi connectivity index (χ2n) is 3.51. The molecule has 92 valence electrons. The number of thiophene rings is 1. The molecule has 3 N–H and O–H groups in total. The van der Waals surface area contributed by atoms with Gasteiger partial charge in [-0.3, -0.25) is 0 Å². The first-order valence-corrected chi connectivity index (χ1v) is 8.22. The van der Waals surface area contributed by atoms with Gasteiger partial charge in [0.2, 0.25) is 0 Å². The van der Waals surface area contributed by atoms with Crippen molar-refractivity contribution in [1.82, 2.24) is 4.37 Å². The van der Waals surface area contributed by atoms with E-state index < -0.39 is 0 Å². The monoisotopic (exact) mass is 285 g/mol. The van der Waals surface area contributed by atoms with Crippen molar-refractivity contribution in [2.45, 2.75) is 24.8 Å². The molecule has 3 nitrogen and oxygen atoms in total. The smallest absolute Gasteiger partial charge is 0.153 e. The summed E-state index contributed by atoms with van der Waals surface area (Å²) in [5.41, 5.74) is 7.22. The Morgan fingerprint density at radius 1 is 1.53 bits per heavy atom. The van der Waals surface area contributed by atoms with Crippen molar-refractivity contribution in [3.05, 3.63) is 21.9 Å².